The Bertz CT molecular complexity index is 720. The zero-order chi connectivity index (χ0) is 17.1. The Kier molecular flexibility index (Phi) is 5.70. The molecule has 0 aliphatic rings. The van der Waals surface area contributed by atoms with E-state index in [2.05, 4.69) is 34.7 Å². The van der Waals surface area contributed by atoms with E-state index in [1.54, 1.807) is 13.0 Å². The number of phenols is 1. The largest absolute Gasteiger partial charge is 0.507 e. The van der Waals surface area contributed by atoms with Crippen LogP contribution in [0.15, 0.2) is 16.6 Å². The number of aromatic nitrogens is 1. The third-order valence-electron chi connectivity index (χ3n) is 4.14. The molecule has 6 heteroatoms. The van der Waals surface area contributed by atoms with Crippen molar-refractivity contribution in [2.24, 2.45) is 7.05 Å². The van der Waals surface area contributed by atoms with Crippen molar-refractivity contribution in [2.45, 2.75) is 27.3 Å². The highest BCUT2D eigenvalue weighted by Gasteiger charge is 2.24. The maximum atomic E-state index is 12.5. The SMILES string of the molecule is CCOC(=O)c1c(CN(CC)CC)n(C)c2cc(Br)c(O)cc12. The number of nitrogens with zero attached hydrogens (tertiary/aromatic N) is 2. The van der Waals surface area contributed by atoms with Gasteiger partial charge in [0, 0.05) is 24.7 Å². The van der Waals surface area contributed by atoms with Crippen molar-refractivity contribution >= 4 is 32.8 Å². The van der Waals surface area contributed by atoms with Crippen molar-refractivity contribution in [1.29, 1.82) is 0 Å². The van der Waals surface area contributed by atoms with Gasteiger partial charge in [-0.05, 0) is 48.1 Å². The van der Waals surface area contributed by atoms with Gasteiger partial charge < -0.3 is 14.4 Å². The molecule has 0 aliphatic carbocycles. The number of carbonyl (C=O) groups is 1. The second-order valence-corrected chi connectivity index (χ2v) is 6.24. The zero-order valence-corrected chi connectivity index (χ0v) is 15.6. The van der Waals surface area contributed by atoms with Crippen LogP contribution in [0.1, 0.15) is 36.8 Å². The molecule has 1 N–H and O–H groups in total. The molecule has 0 atom stereocenters. The summed E-state index contributed by atoms with van der Waals surface area (Å²) >= 11 is 3.34. The van der Waals surface area contributed by atoms with E-state index in [0.717, 1.165) is 24.3 Å². The Morgan fingerprint density at radius 1 is 1.30 bits per heavy atom. The van der Waals surface area contributed by atoms with Crippen molar-refractivity contribution in [2.75, 3.05) is 19.7 Å². The summed E-state index contributed by atoms with van der Waals surface area (Å²) in [6.07, 6.45) is 0. The molecule has 1 aromatic heterocycles. The molecule has 2 rings (SSSR count). The monoisotopic (exact) mass is 382 g/mol. The number of ether oxygens (including phenoxy) is 1. The van der Waals surface area contributed by atoms with E-state index in [1.807, 2.05) is 17.7 Å². The fourth-order valence-electron chi connectivity index (χ4n) is 2.77. The maximum Gasteiger partial charge on any atom is 0.340 e. The molecule has 0 saturated carbocycles. The second-order valence-electron chi connectivity index (χ2n) is 5.38. The maximum absolute atomic E-state index is 12.5. The van der Waals surface area contributed by atoms with Gasteiger partial charge in [-0.1, -0.05) is 13.8 Å². The molecule has 0 aliphatic heterocycles. The van der Waals surface area contributed by atoms with Crippen LogP contribution < -0.4 is 0 Å². The molecule has 126 valence electrons. The first kappa shape index (κ1) is 17.8. The van der Waals surface area contributed by atoms with Crippen LogP contribution in [0.5, 0.6) is 5.75 Å². The fourth-order valence-corrected chi connectivity index (χ4v) is 3.10. The average molecular weight is 383 g/mol. The lowest BCUT2D eigenvalue weighted by Gasteiger charge is -2.19. The predicted octanol–water partition coefficient (Wildman–Crippen LogP) is 3.66. The molecule has 0 fully saturated rings. The highest BCUT2D eigenvalue weighted by molar-refractivity contribution is 9.10. The molecule has 23 heavy (non-hydrogen) atoms. The summed E-state index contributed by atoms with van der Waals surface area (Å²) in [5, 5.41) is 10.7. The number of halogens is 1. The highest BCUT2D eigenvalue weighted by atomic mass is 79.9. The lowest BCUT2D eigenvalue weighted by atomic mass is 10.1. The first-order chi connectivity index (χ1) is 10.9. The molecule has 1 heterocycles. The number of hydrogen-bond acceptors (Lipinski definition) is 4. The minimum Gasteiger partial charge on any atom is -0.507 e. The molecule has 0 spiro atoms. The van der Waals surface area contributed by atoms with Crippen LogP contribution in [-0.4, -0.2) is 40.2 Å². The van der Waals surface area contributed by atoms with Crippen LogP contribution in [0, 0.1) is 0 Å². The number of hydrogen-bond donors (Lipinski definition) is 1. The molecular formula is C17H23BrN2O3. The number of aryl methyl sites for hydroxylation is 1. The topological polar surface area (TPSA) is 54.7 Å². The van der Waals surface area contributed by atoms with Gasteiger partial charge in [0.2, 0.25) is 0 Å². The van der Waals surface area contributed by atoms with Crippen molar-refractivity contribution in [3.63, 3.8) is 0 Å². The lowest BCUT2D eigenvalue weighted by molar-refractivity contribution is 0.0526. The van der Waals surface area contributed by atoms with Crippen molar-refractivity contribution in [3.8, 4) is 5.75 Å². The van der Waals surface area contributed by atoms with Crippen LogP contribution in [0.4, 0.5) is 0 Å². The van der Waals surface area contributed by atoms with Gasteiger partial charge in [0.25, 0.3) is 0 Å². The van der Waals surface area contributed by atoms with Crippen LogP contribution in [0.2, 0.25) is 0 Å². The molecule has 0 saturated heterocycles. The van der Waals surface area contributed by atoms with Crippen molar-refractivity contribution in [1.82, 2.24) is 9.47 Å². The molecule has 0 amide bonds. The van der Waals surface area contributed by atoms with Gasteiger partial charge in [-0.2, -0.15) is 0 Å². The number of phenolic OH excluding ortho intramolecular Hbond substituents is 1. The first-order valence-corrected chi connectivity index (χ1v) is 8.63. The lowest BCUT2D eigenvalue weighted by Crippen LogP contribution is -2.25. The minimum absolute atomic E-state index is 0.114. The van der Waals surface area contributed by atoms with Gasteiger partial charge in [-0.3, -0.25) is 4.90 Å². The van der Waals surface area contributed by atoms with Crippen LogP contribution in [-0.2, 0) is 18.3 Å². The van der Waals surface area contributed by atoms with E-state index in [0.29, 0.717) is 28.6 Å². The number of carbonyl (C=O) groups excluding carboxylic acids is 1. The Hall–Kier alpha value is -1.53. The van der Waals surface area contributed by atoms with E-state index in [9.17, 15) is 9.90 Å². The van der Waals surface area contributed by atoms with Gasteiger partial charge >= 0.3 is 5.97 Å². The Morgan fingerprint density at radius 3 is 2.52 bits per heavy atom. The third-order valence-corrected chi connectivity index (χ3v) is 4.77. The summed E-state index contributed by atoms with van der Waals surface area (Å²) < 4.78 is 7.86. The number of esters is 1. The van der Waals surface area contributed by atoms with Gasteiger partial charge in [0.1, 0.15) is 5.75 Å². The van der Waals surface area contributed by atoms with E-state index in [1.165, 1.54) is 0 Å². The van der Waals surface area contributed by atoms with Crippen molar-refractivity contribution < 1.29 is 14.6 Å². The molecule has 5 nitrogen and oxygen atoms in total. The summed E-state index contributed by atoms with van der Waals surface area (Å²) in [6, 6.07) is 3.45. The molecule has 2 aromatic rings. The normalized spacial score (nSPS) is 11.4. The zero-order valence-electron chi connectivity index (χ0n) is 14.0. The summed E-state index contributed by atoms with van der Waals surface area (Å²) in [4.78, 5) is 14.7. The van der Waals surface area contributed by atoms with Gasteiger partial charge in [0.15, 0.2) is 0 Å². The Balaban J connectivity index is 2.69. The van der Waals surface area contributed by atoms with Gasteiger partial charge in [-0.15, -0.1) is 0 Å². The van der Waals surface area contributed by atoms with Crippen LogP contribution in [0.25, 0.3) is 10.9 Å². The first-order valence-electron chi connectivity index (χ1n) is 7.83. The van der Waals surface area contributed by atoms with Gasteiger partial charge in [-0.25, -0.2) is 4.79 Å². The third kappa shape index (κ3) is 3.38. The van der Waals surface area contributed by atoms with Gasteiger partial charge in [0.05, 0.1) is 22.2 Å². The molecular weight excluding hydrogens is 360 g/mol. The quantitative estimate of drug-likeness (QED) is 0.774. The summed E-state index contributed by atoms with van der Waals surface area (Å²) in [7, 11) is 1.94. The molecule has 0 unspecified atom stereocenters. The minimum atomic E-state index is -0.345. The predicted molar refractivity (Wildman–Crippen MR) is 94.9 cm³/mol. The van der Waals surface area contributed by atoms with Crippen molar-refractivity contribution in [3.05, 3.63) is 27.9 Å². The number of fused-ring (bicyclic) bond motifs is 1. The number of aromatic hydroxyl groups is 1. The Labute approximate surface area is 145 Å². The number of rotatable bonds is 6. The summed E-state index contributed by atoms with van der Waals surface area (Å²) in [6.45, 7) is 8.76. The van der Waals surface area contributed by atoms with Crippen LogP contribution in [0.3, 0.4) is 0 Å². The van der Waals surface area contributed by atoms with Crippen LogP contribution >= 0.6 is 15.9 Å². The second kappa shape index (κ2) is 7.36. The molecule has 0 bridgehead atoms. The average Bonchev–Trinajstić information content (AvgIpc) is 2.78. The van der Waals surface area contributed by atoms with E-state index in [-0.39, 0.29) is 11.7 Å². The van der Waals surface area contributed by atoms with E-state index >= 15 is 0 Å². The highest BCUT2D eigenvalue weighted by Crippen LogP contribution is 2.34. The smallest absolute Gasteiger partial charge is 0.340 e. The molecule has 1 aromatic carbocycles. The summed E-state index contributed by atoms with van der Waals surface area (Å²) in [5.41, 5.74) is 2.33. The Morgan fingerprint density at radius 2 is 1.96 bits per heavy atom. The van der Waals surface area contributed by atoms with E-state index in [4.69, 9.17) is 4.74 Å². The van der Waals surface area contributed by atoms with E-state index < -0.39 is 0 Å². The fraction of sp³-hybridized carbons (Fsp3) is 0.471. The number of benzene rings is 1. The standard InChI is InChI=1S/C17H23BrN2O3/c1-5-20(6-2)10-14-16(17(22)23-7-3)11-8-15(21)12(18)9-13(11)19(14)4/h8-9,21H,5-7,10H2,1-4H3. The summed E-state index contributed by atoms with van der Waals surface area (Å²) in [5.74, 6) is -0.231. The molecule has 0 radical (unpaired) electrons.